The number of hydrogen-bond acceptors (Lipinski definition) is 5. The number of nitrogens with zero attached hydrogens (tertiary/aromatic N) is 3. The molecule has 2 heterocycles. The van der Waals surface area contributed by atoms with Gasteiger partial charge in [0.15, 0.2) is 0 Å². The van der Waals surface area contributed by atoms with E-state index in [0.29, 0.717) is 41.7 Å². The van der Waals surface area contributed by atoms with Gasteiger partial charge in [0.25, 0.3) is 0 Å². The SMILES string of the molecule is CCC(=O)N1CCCC(c2nc(Nc3cccc(F)c3)cc(-c3ccc(NC(C)=O)cc3)n2)C1. The molecule has 176 valence electrons. The maximum Gasteiger partial charge on any atom is 0.222 e. The van der Waals surface area contributed by atoms with Crippen LogP contribution < -0.4 is 10.6 Å². The zero-order valence-electron chi connectivity index (χ0n) is 19.3. The first-order valence-electron chi connectivity index (χ1n) is 11.5. The lowest BCUT2D eigenvalue weighted by Gasteiger charge is -2.32. The predicted octanol–water partition coefficient (Wildman–Crippen LogP) is 5.10. The van der Waals surface area contributed by atoms with Gasteiger partial charge in [0.05, 0.1) is 5.69 Å². The van der Waals surface area contributed by atoms with Gasteiger partial charge in [-0.15, -0.1) is 0 Å². The molecule has 1 unspecified atom stereocenters. The van der Waals surface area contributed by atoms with E-state index in [-0.39, 0.29) is 23.5 Å². The van der Waals surface area contributed by atoms with E-state index >= 15 is 0 Å². The van der Waals surface area contributed by atoms with Crippen molar-refractivity contribution in [1.29, 1.82) is 0 Å². The van der Waals surface area contributed by atoms with E-state index < -0.39 is 0 Å². The third-order valence-corrected chi connectivity index (χ3v) is 5.78. The lowest BCUT2D eigenvalue weighted by molar-refractivity contribution is -0.132. The number of hydrogen-bond donors (Lipinski definition) is 2. The molecule has 0 bridgehead atoms. The summed E-state index contributed by atoms with van der Waals surface area (Å²) in [4.78, 5) is 35.1. The number of amides is 2. The summed E-state index contributed by atoms with van der Waals surface area (Å²) < 4.78 is 13.7. The molecule has 2 amide bonds. The van der Waals surface area contributed by atoms with Crippen LogP contribution in [0.15, 0.2) is 54.6 Å². The summed E-state index contributed by atoms with van der Waals surface area (Å²) in [5.74, 6) is 0.867. The van der Waals surface area contributed by atoms with Crippen LogP contribution in [0.5, 0.6) is 0 Å². The summed E-state index contributed by atoms with van der Waals surface area (Å²) in [6, 6.07) is 15.4. The van der Waals surface area contributed by atoms with Crippen LogP contribution in [0.3, 0.4) is 0 Å². The van der Waals surface area contributed by atoms with Crippen LogP contribution >= 0.6 is 0 Å². The minimum absolute atomic E-state index is 0.0101. The van der Waals surface area contributed by atoms with Crippen molar-refractivity contribution in [3.8, 4) is 11.3 Å². The summed E-state index contributed by atoms with van der Waals surface area (Å²) in [6.07, 6.45) is 2.25. The van der Waals surface area contributed by atoms with E-state index in [1.165, 1.54) is 19.1 Å². The maximum absolute atomic E-state index is 13.7. The fourth-order valence-electron chi connectivity index (χ4n) is 4.14. The molecule has 34 heavy (non-hydrogen) atoms. The molecular formula is C26H28FN5O2. The molecule has 1 aromatic heterocycles. The van der Waals surface area contributed by atoms with Gasteiger partial charge in [-0.3, -0.25) is 9.59 Å². The second kappa shape index (κ2) is 10.4. The Morgan fingerprint density at radius 3 is 2.59 bits per heavy atom. The molecule has 1 saturated heterocycles. The summed E-state index contributed by atoms with van der Waals surface area (Å²) in [7, 11) is 0. The summed E-state index contributed by atoms with van der Waals surface area (Å²) in [6.45, 7) is 4.67. The third kappa shape index (κ3) is 5.75. The highest BCUT2D eigenvalue weighted by Gasteiger charge is 2.26. The number of anilines is 3. The van der Waals surface area contributed by atoms with Crippen molar-refractivity contribution in [2.24, 2.45) is 0 Å². The Balaban J connectivity index is 1.68. The molecular weight excluding hydrogens is 433 g/mol. The standard InChI is InChI=1S/C26H28FN5O2/c1-3-25(34)32-13-5-6-19(16-32)26-30-23(18-9-11-21(12-10-18)28-17(2)33)15-24(31-26)29-22-8-4-7-20(27)14-22/h4,7-12,14-15,19H,3,5-6,13,16H2,1-2H3,(H,28,33)(H,29,30,31). The number of carbonyl (C=O) groups is 2. The van der Waals surface area contributed by atoms with Gasteiger partial charge in [-0.25, -0.2) is 14.4 Å². The minimum atomic E-state index is -0.339. The monoisotopic (exact) mass is 461 g/mol. The molecule has 1 aliphatic rings. The maximum atomic E-state index is 13.7. The Hall–Kier alpha value is -3.81. The Bertz CT molecular complexity index is 1180. The van der Waals surface area contributed by atoms with Gasteiger partial charge in [-0.2, -0.15) is 0 Å². The Morgan fingerprint density at radius 2 is 1.88 bits per heavy atom. The third-order valence-electron chi connectivity index (χ3n) is 5.78. The molecule has 0 spiro atoms. The zero-order chi connectivity index (χ0) is 24.1. The lowest BCUT2D eigenvalue weighted by Crippen LogP contribution is -2.39. The van der Waals surface area contributed by atoms with Crippen molar-refractivity contribution in [3.05, 3.63) is 66.2 Å². The van der Waals surface area contributed by atoms with Crippen molar-refractivity contribution >= 4 is 29.0 Å². The summed E-state index contributed by atoms with van der Waals surface area (Å²) >= 11 is 0. The Labute approximate surface area is 198 Å². The Morgan fingerprint density at radius 1 is 1.09 bits per heavy atom. The topological polar surface area (TPSA) is 87.2 Å². The van der Waals surface area contributed by atoms with Crippen LogP contribution in [0, 0.1) is 5.82 Å². The first-order valence-corrected chi connectivity index (χ1v) is 11.5. The molecule has 2 N–H and O–H groups in total. The van der Waals surface area contributed by atoms with E-state index in [1.54, 1.807) is 12.1 Å². The van der Waals surface area contributed by atoms with Gasteiger partial charge in [0.1, 0.15) is 17.5 Å². The zero-order valence-corrected chi connectivity index (χ0v) is 19.3. The van der Waals surface area contributed by atoms with Crippen LogP contribution in [-0.2, 0) is 9.59 Å². The fraction of sp³-hybridized carbons (Fsp3) is 0.308. The van der Waals surface area contributed by atoms with Gasteiger partial charge >= 0.3 is 0 Å². The summed E-state index contributed by atoms with van der Waals surface area (Å²) in [5, 5.41) is 5.95. The average Bonchev–Trinajstić information content (AvgIpc) is 2.83. The van der Waals surface area contributed by atoms with Crippen LogP contribution in [-0.4, -0.2) is 39.8 Å². The Kier molecular flexibility index (Phi) is 7.15. The largest absolute Gasteiger partial charge is 0.342 e. The second-order valence-corrected chi connectivity index (χ2v) is 8.42. The molecule has 3 aromatic rings. The molecule has 2 aromatic carbocycles. The van der Waals surface area contributed by atoms with Crippen molar-refractivity contribution in [2.75, 3.05) is 23.7 Å². The van der Waals surface area contributed by atoms with E-state index in [2.05, 4.69) is 10.6 Å². The van der Waals surface area contributed by atoms with E-state index in [9.17, 15) is 14.0 Å². The predicted molar refractivity (Wildman–Crippen MR) is 130 cm³/mol. The number of rotatable bonds is 6. The van der Waals surface area contributed by atoms with Crippen LogP contribution in [0.4, 0.5) is 21.6 Å². The first-order chi connectivity index (χ1) is 16.4. The second-order valence-electron chi connectivity index (χ2n) is 8.42. The van der Waals surface area contributed by atoms with Gasteiger partial charge in [-0.1, -0.05) is 25.1 Å². The van der Waals surface area contributed by atoms with E-state index in [1.807, 2.05) is 42.2 Å². The molecule has 1 aliphatic heterocycles. The van der Waals surface area contributed by atoms with Gasteiger partial charge in [0.2, 0.25) is 11.8 Å². The van der Waals surface area contributed by atoms with E-state index in [0.717, 1.165) is 24.9 Å². The lowest BCUT2D eigenvalue weighted by atomic mass is 9.96. The number of carbonyl (C=O) groups excluding carboxylic acids is 2. The fourth-order valence-corrected chi connectivity index (χ4v) is 4.14. The molecule has 1 fully saturated rings. The molecule has 0 saturated carbocycles. The van der Waals surface area contributed by atoms with Crippen LogP contribution in [0.1, 0.15) is 44.9 Å². The number of halogens is 1. The van der Waals surface area contributed by atoms with Crippen molar-refractivity contribution in [2.45, 2.75) is 39.0 Å². The number of piperidine rings is 1. The number of benzene rings is 2. The van der Waals surface area contributed by atoms with Gasteiger partial charge in [0, 0.05) is 55.4 Å². The minimum Gasteiger partial charge on any atom is -0.342 e. The molecule has 7 nitrogen and oxygen atoms in total. The van der Waals surface area contributed by atoms with Crippen LogP contribution in [0.2, 0.25) is 0 Å². The normalized spacial score (nSPS) is 15.6. The highest BCUT2D eigenvalue weighted by Crippen LogP contribution is 2.30. The number of likely N-dealkylation sites (tertiary alicyclic amines) is 1. The van der Waals surface area contributed by atoms with Crippen molar-refractivity contribution < 1.29 is 14.0 Å². The quantitative estimate of drug-likeness (QED) is 0.533. The molecule has 4 rings (SSSR count). The number of aromatic nitrogens is 2. The number of nitrogens with one attached hydrogen (secondary N) is 2. The van der Waals surface area contributed by atoms with Gasteiger partial charge in [-0.05, 0) is 43.2 Å². The molecule has 0 radical (unpaired) electrons. The molecule has 1 atom stereocenters. The molecule has 0 aliphatic carbocycles. The molecule has 8 heteroatoms. The van der Waals surface area contributed by atoms with E-state index in [4.69, 9.17) is 9.97 Å². The first kappa shape index (κ1) is 23.4. The smallest absolute Gasteiger partial charge is 0.222 e. The van der Waals surface area contributed by atoms with Crippen LogP contribution in [0.25, 0.3) is 11.3 Å². The summed E-state index contributed by atoms with van der Waals surface area (Å²) in [5.41, 5.74) is 2.85. The highest BCUT2D eigenvalue weighted by molar-refractivity contribution is 5.89. The van der Waals surface area contributed by atoms with Crippen molar-refractivity contribution in [3.63, 3.8) is 0 Å². The average molecular weight is 462 g/mol. The van der Waals surface area contributed by atoms with Gasteiger partial charge < -0.3 is 15.5 Å². The van der Waals surface area contributed by atoms with Crippen molar-refractivity contribution in [1.82, 2.24) is 14.9 Å². The highest BCUT2D eigenvalue weighted by atomic mass is 19.1.